The molecule has 0 aliphatic heterocycles. The van der Waals surface area contributed by atoms with Crippen molar-refractivity contribution in [2.75, 3.05) is 7.05 Å². The predicted molar refractivity (Wildman–Crippen MR) is 66.2 cm³/mol. The van der Waals surface area contributed by atoms with Crippen molar-refractivity contribution < 1.29 is 15.0 Å². The van der Waals surface area contributed by atoms with Crippen LogP contribution in [0.3, 0.4) is 0 Å². The van der Waals surface area contributed by atoms with Gasteiger partial charge in [-0.2, -0.15) is 0 Å². The minimum Gasteiger partial charge on any atom is -0.504 e. The summed E-state index contributed by atoms with van der Waals surface area (Å²) in [5.41, 5.74) is 0.120. The first-order valence-electron chi connectivity index (χ1n) is 5.59. The first-order valence-corrected chi connectivity index (χ1v) is 5.59. The van der Waals surface area contributed by atoms with Crippen molar-refractivity contribution in [3.8, 4) is 11.5 Å². The van der Waals surface area contributed by atoms with Gasteiger partial charge in [-0.05, 0) is 38.5 Å². The number of aromatic hydroxyl groups is 2. The number of phenols is 2. The van der Waals surface area contributed by atoms with Crippen molar-refractivity contribution in [3.63, 3.8) is 0 Å². The molecule has 4 heteroatoms. The molecule has 1 amide bonds. The molecule has 1 aromatic carbocycles. The van der Waals surface area contributed by atoms with Gasteiger partial charge in [-0.1, -0.05) is 6.92 Å². The van der Waals surface area contributed by atoms with E-state index in [1.807, 2.05) is 20.8 Å². The van der Waals surface area contributed by atoms with E-state index < -0.39 is 0 Å². The maximum atomic E-state index is 12.1. The van der Waals surface area contributed by atoms with Gasteiger partial charge in [0.25, 0.3) is 5.91 Å². The number of phenolic OH excluding ortho intramolecular Hbond substituents is 2. The van der Waals surface area contributed by atoms with E-state index in [0.717, 1.165) is 6.42 Å². The molecule has 1 aromatic rings. The Balaban J connectivity index is 3.01. The molecular formula is C13H19NO3. The van der Waals surface area contributed by atoms with Gasteiger partial charge >= 0.3 is 0 Å². The normalized spacial score (nSPS) is 11.3. The van der Waals surface area contributed by atoms with E-state index in [1.165, 1.54) is 18.2 Å². The molecule has 4 nitrogen and oxygen atoms in total. The molecule has 0 atom stereocenters. The molecule has 0 radical (unpaired) electrons. The Hall–Kier alpha value is -1.71. The maximum Gasteiger partial charge on any atom is 0.254 e. The molecule has 0 bridgehead atoms. The van der Waals surface area contributed by atoms with Crippen molar-refractivity contribution in [1.29, 1.82) is 0 Å². The summed E-state index contributed by atoms with van der Waals surface area (Å²) in [6.07, 6.45) is 0.833. The number of amides is 1. The summed E-state index contributed by atoms with van der Waals surface area (Å²) in [7, 11) is 1.73. The van der Waals surface area contributed by atoms with Crippen molar-refractivity contribution in [1.82, 2.24) is 4.90 Å². The van der Waals surface area contributed by atoms with Crippen LogP contribution in [0.15, 0.2) is 18.2 Å². The Morgan fingerprint density at radius 3 is 2.35 bits per heavy atom. The minimum absolute atomic E-state index is 0.174. The van der Waals surface area contributed by atoms with Gasteiger partial charge in [0.2, 0.25) is 0 Å². The molecule has 2 N–H and O–H groups in total. The topological polar surface area (TPSA) is 60.8 Å². The second-order valence-corrected chi connectivity index (χ2v) is 4.73. The number of hydrogen-bond acceptors (Lipinski definition) is 3. The quantitative estimate of drug-likeness (QED) is 0.793. The zero-order valence-corrected chi connectivity index (χ0v) is 10.7. The molecule has 0 saturated heterocycles. The zero-order valence-electron chi connectivity index (χ0n) is 10.7. The second-order valence-electron chi connectivity index (χ2n) is 4.73. The molecule has 0 spiro atoms. The van der Waals surface area contributed by atoms with Crippen molar-refractivity contribution in [2.24, 2.45) is 0 Å². The average molecular weight is 237 g/mol. The maximum absolute atomic E-state index is 12.1. The summed E-state index contributed by atoms with van der Waals surface area (Å²) in [4.78, 5) is 13.8. The van der Waals surface area contributed by atoms with E-state index >= 15 is 0 Å². The summed E-state index contributed by atoms with van der Waals surface area (Å²) in [5.74, 6) is -0.676. The van der Waals surface area contributed by atoms with E-state index in [4.69, 9.17) is 0 Å². The van der Waals surface area contributed by atoms with Gasteiger partial charge in [-0.25, -0.2) is 0 Å². The Morgan fingerprint density at radius 1 is 1.29 bits per heavy atom. The van der Waals surface area contributed by atoms with Crippen molar-refractivity contribution in [2.45, 2.75) is 32.7 Å². The molecular weight excluding hydrogens is 218 g/mol. The number of hydrogen-bond donors (Lipinski definition) is 2. The first kappa shape index (κ1) is 13.4. The van der Waals surface area contributed by atoms with Crippen LogP contribution in [0.2, 0.25) is 0 Å². The second kappa shape index (κ2) is 4.65. The lowest BCUT2D eigenvalue weighted by Crippen LogP contribution is -2.44. The highest BCUT2D eigenvalue weighted by molar-refractivity contribution is 5.95. The van der Waals surface area contributed by atoms with Gasteiger partial charge < -0.3 is 15.1 Å². The van der Waals surface area contributed by atoms with Crippen LogP contribution in [0, 0.1) is 0 Å². The van der Waals surface area contributed by atoms with Crippen LogP contribution in [0.1, 0.15) is 37.6 Å². The zero-order chi connectivity index (χ0) is 13.2. The highest BCUT2D eigenvalue weighted by Crippen LogP contribution is 2.27. The summed E-state index contributed by atoms with van der Waals surface area (Å²) in [5, 5.41) is 18.6. The molecule has 0 aromatic heterocycles. The lowest BCUT2D eigenvalue weighted by atomic mass is 9.99. The van der Waals surface area contributed by atoms with E-state index in [0.29, 0.717) is 5.56 Å². The van der Waals surface area contributed by atoms with E-state index in [-0.39, 0.29) is 22.9 Å². The minimum atomic E-state index is -0.279. The molecule has 0 fully saturated rings. The monoisotopic (exact) mass is 237 g/mol. The number of carbonyl (C=O) groups excluding carboxylic acids is 1. The molecule has 0 aliphatic carbocycles. The van der Waals surface area contributed by atoms with E-state index in [9.17, 15) is 15.0 Å². The van der Waals surface area contributed by atoms with Gasteiger partial charge in [0.1, 0.15) is 0 Å². The number of benzene rings is 1. The number of rotatable bonds is 3. The Labute approximate surface area is 101 Å². The van der Waals surface area contributed by atoms with Crippen LogP contribution in [0.25, 0.3) is 0 Å². The van der Waals surface area contributed by atoms with E-state index in [2.05, 4.69) is 0 Å². The third-order valence-electron chi connectivity index (χ3n) is 3.30. The van der Waals surface area contributed by atoms with Crippen LogP contribution < -0.4 is 0 Å². The lowest BCUT2D eigenvalue weighted by Gasteiger charge is -2.35. The third-order valence-corrected chi connectivity index (χ3v) is 3.30. The molecule has 17 heavy (non-hydrogen) atoms. The van der Waals surface area contributed by atoms with Gasteiger partial charge in [0.05, 0.1) is 0 Å². The highest BCUT2D eigenvalue weighted by atomic mass is 16.3. The third kappa shape index (κ3) is 2.70. The van der Waals surface area contributed by atoms with Gasteiger partial charge in [-0.3, -0.25) is 4.79 Å². The molecule has 94 valence electrons. The molecule has 0 heterocycles. The van der Waals surface area contributed by atoms with Crippen molar-refractivity contribution in [3.05, 3.63) is 23.8 Å². The molecule has 0 saturated carbocycles. The largest absolute Gasteiger partial charge is 0.504 e. The van der Waals surface area contributed by atoms with Crippen molar-refractivity contribution >= 4 is 5.91 Å². The number of nitrogens with zero attached hydrogens (tertiary/aromatic N) is 1. The molecule has 0 aliphatic rings. The summed E-state index contributed by atoms with van der Waals surface area (Å²) in [6, 6.07) is 4.09. The summed E-state index contributed by atoms with van der Waals surface area (Å²) < 4.78 is 0. The molecule has 1 rings (SSSR count). The highest BCUT2D eigenvalue weighted by Gasteiger charge is 2.26. The fraction of sp³-hybridized carbons (Fsp3) is 0.462. The fourth-order valence-corrected chi connectivity index (χ4v) is 1.36. The standard InChI is InChI=1S/C13H19NO3/c1-5-13(2,3)14(4)12(17)9-6-7-10(15)11(16)8-9/h6-8,15-16H,5H2,1-4H3. The Morgan fingerprint density at radius 2 is 1.88 bits per heavy atom. The van der Waals surface area contributed by atoms with Crippen LogP contribution >= 0.6 is 0 Å². The van der Waals surface area contributed by atoms with Gasteiger partial charge in [-0.15, -0.1) is 0 Å². The van der Waals surface area contributed by atoms with Crippen LogP contribution in [0.4, 0.5) is 0 Å². The van der Waals surface area contributed by atoms with E-state index in [1.54, 1.807) is 11.9 Å². The lowest BCUT2D eigenvalue weighted by molar-refractivity contribution is 0.0620. The Bertz CT molecular complexity index is 427. The van der Waals surface area contributed by atoms with Crippen LogP contribution in [0.5, 0.6) is 11.5 Å². The smallest absolute Gasteiger partial charge is 0.254 e. The Kier molecular flexibility index (Phi) is 3.66. The van der Waals surface area contributed by atoms with Crippen LogP contribution in [-0.2, 0) is 0 Å². The average Bonchev–Trinajstić information content (AvgIpc) is 2.30. The molecule has 0 unspecified atom stereocenters. The predicted octanol–water partition coefficient (Wildman–Crippen LogP) is 2.36. The summed E-state index contributed by atoms with van der Waals surface area (Å²) in [6.45, 7) is 5.97. The summed E-state index contributed by atoms with van der Waals surface area (Å²) >= 11 is 0. The first-order chi connectivity index (χ1) is 7.79. The SMILES string of the molecule is CCC(C)(C)N(C)C(=O)c1ccc(O)c(O)c1. The van der Waals surface area contributed by atoms with Gasteiger partial charge in [0, 0.05) is 18.2 Å². The van der Waals surface area contributed by atoms with Crippen LogP contribution in [-0.4, -0.2) is 33.6 Å². The fourth-order valence-electron chi connectivity index (χ4n) is 1.36. The van der Waals surface area contributed by atoms with Gasteiger partial charge in [0.15, 0.2) is 11.5 Å². The number of carbonyl (C=O) groups is 1.